The lowest BCUT2D eigenvalue weighted by Crippen LogP contribution is -2.59. The Labute approximate surface area is 259 Å². The van der Waals surface area contributed by atoms with Gasteiger partial charge in [0.05, 0.1) is 6.04 Å². The highest BCUT2D eigenvalue weighted by molar-refractivity contribution is 9.10. The highest BCUT2D eigenvalue weighted by Crippen LogP contribution is 2.56. The number of fused-ring (bicyclic) bond motifs is 4. The molecule has 4 atom stereocenters. The van der Waals surface area contributed by atoms with Crippen molar-refractivity contribution in [2.75, 3.05) is 28.2 Å². The monoisotopic (exact) mass is 649 g/mol. The second-order valence-electron chi connectivity index (χ2n) is 12.5. The van der Waals surface area contributed by atoms with Crippen molar-refractivity contribution in [2.24, 2.45) is 11.8 Å². The zero-order valence-corrected chi connectivity index (χ0v) is 26.8. The van der Waals surface area contributed by atoms with E-state index in [1.54, 1.807) is 0 Å². The highest BCUT2D eigenvalue weighted by Gasteiger charge is 2.63. The van der Waals surface area contributed by atoms with Crippen molar-refractivity contribution in [3.8, 4) is 5.88 Å². The van der Waals surface area contributed by atoms with Crippen LogP contribution in [0.3, 0.4) is 0 Å². The quantitative estimate of drug-likeness (QED) is 0.376. The predicted molar refractivity (Wildman–Crippen MR) is 163 cm³/mol. The minimum atomic E-state index is -2.35. The molecular weight excluding hydrogens is 614 g/mol. The zero-order chi connectivity index (χ0) is 31.0. The van der Waals surface area contributed by atoms with Crippen molar-refractivity contribution < 1.29 is 29.1 Å². The van der Waals surface area contributed by atoms with E-state index in [9.17, 15) is 19.8 Å². The van der Waals surface area contributed by atoms with E-state index in [1.165, 1.54) is 0 Å². The molecule has 3 aliphatic carbocycles. The number of hydrogen-bond acceptors (Lipinski definition) is 9. The molecule has 9 nitrogen and oxygen atoms in total. The van der Waals surface area contributed by atoms with Gasteiger partial charge >= 0.3 is 0 Å². The Balaban J connectivity index is 1.48. The van der Waals surface area contributed by atoms with Crippen LogP contribution in [0.4, 0.5) is 0 Å². The number of hydrogen-bond donors (Lipinski definition) is 2. The Morgan fingerprint density at radius 2 is 1.79 bits per heavy atom. The normalized spacial score (nSPS) is 24.7. The van der Waals surface area contributed by atoms with E-state index in [0.717, 1.165) is 32.3 Å². The molecule has 3 aromatic rings. The molecule has 1 aromatic heterocycles. The van der Waals surface area contributed by atoms with E-state index < -0.39 is 35.0 Å². The average Bonchev–Trinajstić information content (AvgIpc) is 3.38. The lowest BCUT2D eigenvalue weighted by Gasteiger charge is -2.49. The van der Waals surface area contributed by atoms with Crippen LogP contribution in [0, 0.1) is 25.7 Å². The number of carbonyl (C=O) groups excluding carboxylic acids is 2. The van der Waals surface area contributed by atoms with E-state index in [1.807, 2.05) is 82.2 Å². The maximum atomic E-state index is 14.3. The van der Waals surface area contributed by atoms with Crippen LogP contribution in [0.15, 0.2) is 50.7 Å². The Kier molecular flexibility index (Phi) is 7.40. The highest BCUT2D eigenvalue weighted by atomic mass is 79.9. The molecule has 0 saturated heterocycles. The number of aliphatic hydroxyl groups excluding tert-OH is 1. The van der Waals surface area contributed by atoms with Gasteiger partial charge in [-0.05, 0) is 93.8 Å². The number of carbonyl (C=O) groups is 2. The first-order chi connectivity index (χ1) is 20.4. The fourth-order valence-electron chi connectivity index (χ4n) is 7.33. The Bertz CT molecular complexity index is 1680. The number of ketones is 2. The van der Waals surface area contributed by atoms with Gasteiger partial charge in [0.15, 0.2) is 17.1 Å². The molecule has 2 N–H and O–H groups in total. The molecule has 0 bridgehead atoms. The molecule has 1 heterocycles. The van der Waals surface area contributed by atoms with Crippen LogP contribution >= 0.6 is 15.9 Å². The summed E-state index contributed by atoms with van der Waals surface area (Å²) in [7, 11) is 7.60. The van der Waals surface area contributed by atoms with Crippen LogP contribution in [-0.4, -0.2) is 70.5 Å². The van der Waals surface area contributed by atoms with Crippen molar-refractivity contribution in [1.82, 2.24) is 15.0 Å². The van der Waals surface area contributed by atoms with Crippen molar-refractivity contribution in [1.29, 1.82) is 0 Å². The number of halogens is 1. The summed E-state index contributed by atoms with van der Waals surface area (Å²) in [5, 5.41) is 28.2. The minimum absolute atomic E-state index is 0.00883. The lowest BCUT2D eigenvalue weighted by atomic mass is 9.58. The maximum Gasteiger partial charge on any atom is 0.265 e. The molecule has 0 fully saturated rings. The van der Waals surface area contributed by atoms with Crippen molar-refractivity contribution in [2.45, 2.75) is 51.5 Å². The van der Waals surface area contributed by atoms with E-state index in [-0.39, 0.29) is 35.2 Å². The standard InChI is InChI=1S/C33H36BrN3O6/c1-16-21(14-36(3)4)17(2)26(34)20-12-19-13-22-27(37(5)6)29-25(32(35-43-29)42-15-18-10-8-7-9-11-18)31(40)33(22,41)30(39)24(19)28(38)23(16)20/h7-11,19,22,27,39,41H,12-15H2,1-6H3/t19-,22-,27-,33-/m0/s1. The smallest absolute Gasteiger partial charge is 0.265 e. The minimum Gasteiger partial charge on any atom is -0.508 e. The summed E-state index contributed by atoms with van der Waals surface area (Å²) >= 11 is 3.78. The summed E-state index contributed by atoms with van der Waals surface area (Å²) in [6.07, 6.45) is 0.778. The van der Waals surface area contributed by atoms with E-state index >= 15 is 0 Å². The molecule has 10 heteroatoms. The number of allylic oxidation sites excluding steroid dienone is 1. The average molecular weight is 651 g/mol. The van der Waals surface area contributed by atoms with Gasteiger partial charge in [0.1, 0.15) is 17.9 Å². The molecular formula is C33H36BrN3O6. The molecule has 0 aliphatic heterocycles. The summed E-state index contributed by atoms with van der Waals surface area (Å²) in [5.74, 6) is -2.64. The first-order valence-electron chi connectivity index (χ1n) is 14.4. The Hall–Kier alpha value is -3.31. The molecule has 0 saturated carbocycles. The van der Waals surface area contributed by atoms with Crippen molar-refractivity contribution >= 4 is 27.5 Å². The Morgan fingerprint density at radius 3 is 2.44 bits per heavy atom. The summed E-state index contributed by atoms with van der Waals surface area (Å²) < 4.78 is 12.5. The predicted octanol–water partition coefficient (Wildman–Crippen LogP) is 5.11. The lowest BCUT2D eigenvalue weighted by molar-refractivity contribution is -0.0559. The fraction of sp³-hybridized carbons (Fsp3) is 0.424. The number of Topliss-reactive ketones (excluding diaryl/α,β-unsaturated/α-hetero) is 2. The molecule has 0 amide bonds. The largest absolute Gasteiger partial charge is 0.508 e. The van der Waals surface area contributed by atoms with Gasteiger partial charge in [-0.15, -0.1) is 0 Å². The van der Waals surface area contributed by atoms with Gasteiger partial charge in [-0.3, -0.25) is 14.5 Å². The van der Waals surface area contributed by atoms with Crippen LogP contribution in [0.1, 0.15) is 66.8 Å². The van der Waals surface area contributed by atoms with Crippen molar-refractivity contribution in [3.05, 3.63) is 90.8 Å². The number of aromatic nitrogens is 1. The molecule has 6 rings (SSSR count). The topological polar surface area (TPSA) is 116 Å². The van der Waals surface area contributed by atoms with Crippen LogP contribution < -0.4 is 4.74 Å². The van der Waals surface area contributed by atoms with Crippen LogP contribution in [0.2, 0.25) is 0 Å². The summed E-state index contributed by atoms with van der Waals surface area (Å²) in [6, 6.07) is 8.82. The zero-order valence-electron chi connectivity index (χ0n) is 25.2. The van der Waals surface area contributed by atoms with Gasteiger partial charge in [0.25, 0.3) is 5.88 Å². The van der Waals surface area contributed by atoms with Gasteiger partial charge in [-0.1, -0.05) is 46.3 Å². The van der Waals surface area contributed by atoms with Crippen LogP contribution in [0.5, 0.6) is 5.88 Å². The van der Waals surface area contributed by atoms with Gasteiger partial charge in [-0.25, -0.2) is 0 Å². The molecule has 0 unspecified atom stereocenters. The third-order valence-electron chi connectivity index (χ3n) is 9.36. The molecule has 0 spiro atoms. The molecule has 43 heavy (non-hydrogen) atoms. The van der Waals surface area contributed by atoms with Gasteiger partial charge in [0, 0.05) is 28.1 Å². The SMILES string of the molecule is Cc1c(Br)c2c(c(C)c1CN(C)C)C(=O)C1=C(O)[C@]3(O)C(=O)c4c(OCc5ccccc5)noc4[C@@H](N(C)C)[C@@H]3C[C@@H]1C2. The Morgan fingerprint density at radius 1 is 1.09 bits per heavy atom. The number of ether oxygens (including phenoxy) is 1. The summed E-state index contributed by atoms with van der Waals surface area (Å²) in [6.45, 7) is 4.76. The molecule has 0 radical (unpaired) electrons. The number of rotatable bonds is 6. The summed E-state index contributed by atoms with van der Waals surface area (Å²) in [5.41, 5.74) is 3.00. The van der Waals surface area contributed by atoms with Crippen molar-refractivity contribution in [3.63, 3.8) is 0 Å². The van der Waals surface area contributed by atoms with E-state index in [4.69, 9.17) is 9.26 Å². The van der Waals surface area contributed by atoms with Gasteiger partial charge < -0.3 is 24.4 Å². The first kappa shape index (κ1) is 29.7. The third-order valence-corrected chi connectivity index (χ3v) is 10.4. The molecule has 226 valence electrons. The van der Waals surface area contributed by atoms with Crippen LogP contribution in [-0.2, 0) is 19.6 Å². The maximum absolute atomic E-state index is 14.3. The number of aliphatic hydroxyl groups is 2. The fourth-order valence-corrected chi connectivity index (χ4v) is 7.93. The molecule has 3 aliphatic rings. The second kappa shape index (κ2) is 10.7. The number of nitrogens with zero attached hydrogens (tertiary/aromatic N) is 3. The second-order valence-corrected chi connectivity index (χ2v) is 13.3. The van der Waals surface area contributed by atoms with Gasteiger partial charge in [-0.2, -0.15) is 0 Å². The molecule has 2 aromatic carbocycles. The first-order valence-corrected chi connectivity index (χ1v) is 15.2. The third kappa shape index (κ3) is 4.41. The number of benzene rings is 2. The van der Waals surface area contributed by atoms with Gasteiger partial charge in [0.2, 0.25) is 5.78 Å². The van der Waals surface area contributed by atoms with E-state index in [2.05, 4.69) is 21.1 Å². The van der Waals surface area contributed by atoms with Crippen LogP contribution in [0.25, 0.3) is 0 Å². The summed E-state index contributed by atoms with van der Waals surface area (Å²) in [4.78, 5) is 32.4. The van der Waals surface area contributed by atoms with E-state index in [0.29, 0.717) is 24.9 Å².